The SMILES string of the molecule is CC(C)CNC(=O)N1CCCC(CC(=O)Nc2ccc(CCC(=O)O)cc2)C1. The molecule has 1 fully saturated rings. The van der Waals surface area contributed by atoms with Crippen LogP contribution in [-0.4, -0.2) is 47.5 Å². The summed E-state index contributed by atoms with van der Waals surface area (Å²) in [5.74, 6) is -0.316. The molecule has 1 aromatic rings. The Kier molecular flexibility index (Phi) is 8.29. The van der Waals surface area contributed by atoms with Gasteiger partial charge in [-0.2, -0.15) is 0 Å². The highest BCUT2D eigenvalue weighted by Crippen LogP contribution is 2.21. The summed E-state index contributed by atoms with van der Waals surface area (Å²) in [6.07, 6.45) is 2.80. The van der Waals surface area contributed by atoms with E-state index < -0.39 is 5.97 Å². The van der Waals surface area contributed by atoms with Crippen LogP contribution < -0.4 is 10.6 Å². The van der Waals surface area contributed by atoms with Gasteiger partial charge in [0.15, 0.2) is 0 Å². The van der Waals surface area contributed by atoms with E-state index in [0.29, 0.717) is 37.5 Å². The molecule has 1 atom stereocenters. The fraction of sp³-hybridized carbons (Fsp3) is 0.571. The zero-order chi connectivity index (χ0) is 20.5. The van der Waals surface area contributed by atoms with Gasteiger partial charge in [-0.25, -0.2) is 4.79 Å². The van der Waals surface area contributed by atoms with E-state index in [4.69, 9.17) is 5.11 Å². The van der Waals surface area contributed by atoms with Gasteiger partial charge in [0.1, 0.15) is 0 Å². The Bertz CT molecular complexity index is 673. The van der Waals surface area contributed by atoms with Crippen LogP contribution in [0.5, 0.6) is 0 Å². The van der Waals surface area contributed by atoms with E-state index in [1.54, 1.807) is 17.0 Å². The van der Waals surface area contributed by atoms with Crippen LogP contribution in [0.1, 0.15) is 45.1 Å². The maximum Gasteiger partial charge on any atom is 0.317 e. The number of rotatable bonds is 8. The first-order chi connectivity index (χ1) is 13.3. The third kappa shape index (κ3) is 7.58. The number of nitrogens with zero attached hydrogens (tertiary/aromatic N) is 1. The zero-order valence-corrected chi connectivity index (χ0v) is 16.7. The molecule has 2 rings (SSSR count). The third-order valence-corrected chi connectivity index (χ3v) is 4.81. The summed E-state index contributed by atoms with van der Waals surface area (Å²) >= 11 is 0. The number of benzene rings is 1. The number of hydrogen-bond donors (Lipinski definition) is 3. The molecule has 1 aromatic carbocycles. The summed E-state index contributed by atoms with van der Waals surface area (Å²) in [5.41, 5.74) is 1.63. The number of urea groups is 1. The van der Waals surface area contributed by atoms with Gasteiger partial charge < -0.3 is 20.6 Å². The summed E-state index contributed by atoms with van der Waals surface area (Å²) in [5, 5.41) is 14.6. The number of piperidine rings is 1. The van der Waals surface area contributed by atoms with E-state index in [0.717, 1.165) is 24.9 Å². The fourth-order valence-corrected chi connectivity index (χ4v) is 3.30. The Labute approximate surface area is 166 Å². The summed E-state index contributed by atoms with van der Waals surface area (Å²) in [6.45, 7) is 6.11. The second kappa shape index (κ2) is 10.7. The molecule has 1 saturated heterocycles. The standard InChI is InChI=1S/C21H31N3O4/c1-15(2)13-22-21(28)24-11-3-4-17(14-24)12-19(25)23-18-8-5-16(6-9-18)7-10-20(26)27/h5-6,8-9,15,17H,3-4,7,10-14H2,1-2H3,(H,22,28)(H,23,25)(H,26,27). The first-order valence-electron chi connectivity index (χ1n) is 9.97. The zero-order valence-electron chi connectivity index (χ0n) is 16.7. The van der Waals surface area contributed by atoms with Crippen molar-refractivity contribution < 1.29 is 19.5 Å². The van der Waals surface area contributed by atoms with Crippen LogP contribution in [0, 0.1) is 11.8 Å². The molecule has 7 nitrogen and oxygen atoms in total. The summed E-state index contributed by atoms with van der Waals surface area (Å²) < 4.78 is 0. The van der Waals surface area contributed by atoms with Crippen LogP contribution in [0.25, 0.3) is 0 Å². The van der Waals surface area contributed by atoms with E-state index >= 15 is 0 Å². The number of nitrogens with one attached hydrogen (secondary N) is 2. The van der Waals surface area contributed by atoms with Crippen molar-refractivity contribution in [2.24, 2.45) is 11.8 Å². The molecular weight excluding hydrogens is 358 g/mol. The fourth-order valence-electron chi connectivity index (χ4n) is 3.30. The monoisotopic (exact) mass is 389 g/mol. The minimum atomic E-state index is -0.822. The number of amides is 3. The molecule has 1 aliphatic rings. The minimum absolute atomic E-state index is 0.0456. The van der Waals surface area contributed by atoms with Gasteiger partial charge in [0.25, 0.3) is 0 Å². The van der Waals surface area contributed by atoms with Crippen molar-refractivity contribution in [2.75, 3.05) is 25.0 Å². The van der Waals surface area contributed by atoms with E-state index in [1.807, 2.05) is 12.1 Å². The first-order valence-corrected chi connectivity index (χ1v) is 9.97. The van der Waals surface area contributed by atoms with Crippen molar-refractivity contribution in [1.82, 2.24) is 10.2 Å². The van der Waals surface area contributed by atoms with E-state index in [-0.39, 0.29) is 24.3 Å². The second-order valence-corrected chi connectivity index (χ2v) is 7.88. The van der Waals surface area contributed by atoms with Crippen molar-refractivity contribution >= 4 is 23.6 Å². The summed E-state index contributed by atoms with van der Waals surface area (Å²) in [7, 11) is 0. The van der Waals surface area contributed by atoms with Crippen molar-refractivity contribution in [3.63, 3.8) is 0 Å². The Morgan fingerprint density at radius 1 is 1.21 bits per heavy atom. The smallest absolute Gasteiger partial charge is 0.317 e. The van der Waals surface area contributed by atoms with Crippen LogP contribution in [0.3, 0.4) is 0 Å². The number of carboxylic acid groups (broad SMARTS) is 1. The third-order valence-electron chi connectivity index (χ3n) is 4.81. The van der Waals surface area contributed by atoms with Crippen LogP contribution in [0.15, 0.2) is 24.3 Å². The van der Waals surface area contributed by atoms with Gasteiger partial charge in [0.05, 0.1) is 0 Å². The second-order valence-electron chi connectivity index (χ2n) is 7.88. The molecule has 154 valence electrons. The van der Waals surface area contributed by atoms with Gasteiger partial charge >= 0.3 is 12.0 Å². The van der Waals surface area contributed by atoms with E-state index in [2.05, 4.69) is 24.5 Å². The number of anilines is 1. The number of carboxylic acids is 1. The molecule has 7 heteroatoms. The minimum Gasteiger partial charge on any atom is -0.481 e. The maximum absolute atomic E-state index is 12.4. The molecule has 0 aromatic heterocycles. The summed E-state index contributed by atoms with van der Waals surface area (Å²) in [4.78, 5) is 37.0. The molecule has 0 spiro atoms. The Morgan fingerprint density at radius 3 is 2.57 bits per heavy atom. The summed E-state index contributed by atoms with van der Waals surface area (Å²) in [6, 6.07) is 7.21. The van der Waals surface area contributed by atoms with Crippen LogP contribution in [0.4, 0.5) is 10.5 Å². The lowest BCUT2D eigenvalue weighted by Crippen LogP contribution is -2.46. The molecule has 3 amide bonds. The highest BCUT2D eigenvalue weighted by Gasteiger charge is 2.25. The quantitative estimate of drug-likeness (QED) is 0.636. The molecule has 1 unspecified atom stereocenters. The average Bonchev–Trinajstić information content (AvgIpc) is 2.65. The van der Waals surface area contributed by atoms with E-state index in [1.165, 1.54) is 0 Å². The number of carbonyl (C=O) groups excluding carboxylic acids is 2. The lowest BCUT2D eigenvalue weighted by Gasteiger charge is -2.32. The van der Waals surface area contributed by atoms with Crippen molar-refractivity contribution in [3.05, 3.63) is 29.8 Å². The predicted octanol–water partition coefficient (Wildman–Crippen LogP) is 3.11. The van der Waals surface area contributed by atoms with Gasteiger partial charge in [-0.15, -0.1) is 0 Å². The predicted molar refractivity (Wildman–Crippen MR) is 108 cm³/mol. The molecule has 0 bridgehead atoms. The molecule has 0 aliphatic carbocycles. The number of likely N-dealkylation sites (tertiary alicyclic amines) is 1. The Morgan fingerprint density at radius 2 is 1.93 bits per heavy atom. The lowest BCUT2D eigenvalue weighted by atomic mass is 9.94. The number of aliphatic carboxylic acids is 1. The van der Waals surface area contributed by atoms with Crippen molar-refractivity contribution in [1.29, 1.82) is 0 Å². The van der Waals surface area contributed by atoms with Gasteiger partial charge in [-0.1, -0.05) is 26.0 Å². The van der Waals surface area contributed by atoms with Crippen molar-refractivity contribution in [3.8, 4) is 0 Å². The van der Waals surface area contributed by atoms with Crippen LogP contribution in [-0.2, 0) is 16.0 Å². The molecule has 1 heterocycles. The van der Waals surface area contributed by atoms with Crippen LogP contribution in [0.2, 0.25) is 0 Å². The van der Waals surface area contributed by atoms with E-state index in [9.17, 15) is 14.4 Å². The van der Waals surface area contributed by atoms with Gasteiger partial charge in [-0.05, 0) is 48.8 Å². The Hall–Kier alpha value is -2.57. The van der Waals surface area contributed by atoms with Gasteiger partial charge in [0.2, 0.25) is 5.91 Å². The average molecular weight is 389 g/mol. The highest BCUT2D eigenvalue weighted by molar-refractivity contribution is 5.90. The highest BCUT2D eigenvalue weighted by atomic mass is 16.4. The van der Waals surface area contributed by atoms with Crippen molar-refractivity contribution in [2.45, 2.75) is 46.0 Å². The first kappa shape index (κ1) is 21.7. The molecule has 28 heavy (non-hydrogen) atoms. The molecule has 0 radical (unpaired) electrons. The van der Waals surface area contributed by atoms with Crippen LogP contribution >= 0.6 is 0 Å². The van der Waals surface area contributed by atoms with Gasteiger partial charge in [0, 0.05) is 38.2 Å². The number of hydrogen-bond acceptors (Lipinski definition) is 3. The van der Waals surface area contributed by atoms with Gasteiger partial charge in [-0.3, -0.25) is 9.59 Å². The molecule has 0 saturated carbocycles. The maximum atomic E-state index is 12.4. The molecule has 3 N–H and O–H groups in total. The lowest BCUT2D eigenvalue weighted by molar-refractivity contribution is -0.137. The number of carbonyl (C=O) groups is 3. The topological polar surface area (TPSA) is 98.7 Å². The largest absolute Gasteiger partial charge is 0.481 e. The Balaban J connectivity index is 1.78. The number of aryl methyl sites for hydroxylation is 1. The normalized spacial score (nSPS) is 16.7. The molecule has 1 aliphatic heterocycles. The molecular formula is C21H31N3O4.